The SMILES string of the molecule is Cc1cc(C)nc(SCC(=O)N/N=C\c2ccc(OCc3ccc(F)cc3)c(I)c2)n1. The molecule has 9 heteroatoms. The molecule has 0 bridgehead atoms. The molecule has 0 spiro atoms. The van der Waals surface area contributed by atoms with E-state index in [1.807, 2.05) is 38.1 Å². The highest BCUT2D eigenvalue weighted by molar-refractivity contribution is 14.1. The number of benzene rings is 2. The Hall–Kier alpha value is -2.53. The maximum absolute atomic E-state index is 13.0. The van der Waals surface area contributed by atoms with Crippen molar-refractivity contribution in [2.24, 2.45) is 5.10 Å². The van der Waals surface area contributed by atoms with Crippen molar-refractivity contribution in [1.82, 2.24) is 15.4 Å². The van der Waals surface area contributed by atoms with Crippen molar-refractivity contribution in [2.45, 2.75) is 25.6 Å². The monoisotopic (exact) mass is 550 g/mol. The summed E-state index contributed by atoms with van der Waals surface area (Å²) in [4.78, 5) is 20.6. The van der Waals surface area contributed by atoms with Crippen LogP contribution in [0.15, 0.2) is 58.8 Å². The number of nitrogens with one attached hydrogen (secondary N) is 1. The fourth-order valence-corrected chi connectivity index (χ4v) is 3.99. The third kappa shape index (κ3) is 7.59. The van der Waals surface area contributed by atoms with Gasteiger partial charge in [-0.05, 0) is 84.0 Å². The van der Waals surface area contributed by atoms with Crippen LogP contribution in [-0.4, -0.2) is 27.8 Å². The summed E-state index contributed by atoms with van der Waals surface area (Å²) in [6.45, 7) is 4.13. The Balaban J connectivity index is 1.48. The summed E-state index contributed by atoms with van der Waals surface area (Å²) < 4.78 is 19.7. The van der Waals surface area contributed by atoms with E-state index in [-0.39, 0.29) is 17.5 Å². The molecule has 0 aliphatic carbocycles. The number of aryl methyl sites for hydroxylation is 2. The lowest BCUT2D eigenvalue weighted by Crippen LogP contribution is -2.19. The fraction of sp³-hybridized carbons (Fsp3) is 0.182. The molecule has 1 N–H and O–H groups in total. The number of hydrogen-bond acceptors (Lipinski definition) is 6. The molecular formula is C22H20FIN4O2S. The third-order valence-corrected chi connectivity index (χ3v) is 5.65. The van der Waals surface area contributed by atoms with Gasteiger partial charge in [0.25, 0.3) is 5.91 Å². The van der Waals surface area contributed by atoms with Crippen LogP contribution >= 0.6 is 34.4 Å². The third-order valence-electron chi connectivity index (χ3n) is 3.96. The average molecular weight is 550 g/mol. The summed E-state index contributed by atoms with van der Waals surface area (Å²) >= 11 is 3.44. The number of carbonyl (C=O) groups is 1. The molecule has 0 aliphatic heterocycles. The van der Waals surface area contributed by atoms with E-state index >= 15 is 0 Å². The van der Waals surface area contributed by atoms with Gasteiger partial charge in [0.05, 0.1) is 15.5 Å². The zero-order chi connectivity index (χ0) is 22.2. The maximum atomic E-state index is 13.0. The Labute approximate surface area is 197 Å². The molecular weight excluding hydrogens is 530 g/mol. The topological polar surface area (TPSA) is 76.5 Å². The van der Waals surface area contributed by atoms with Gasteiger partial charge in [-0.2, -0.15) is 5.10 Å². The van der Waals surface area contributed by atoms with Crippen LogP contribution in [0.3, 0.4) is 0 Å². The minimum absolute atomic E-state index is 0.175. The van der Waals surface area contributed by atoms with E-state index in [1.165, 1.54) is 23.9 Å². The number of amides is 1. The Morgan fingerprint density at radius 3 is 2.55 bits per heavy atom. The number of carbonyl (C=O) groups excluding carboxylic acids is 1. The lowest BCUT2D eigenvalue weighted by atomic mass is 10.2. The molecule has 0 saturated carbocycles. The van der Waals surface area contributed by atoms with Crippen molar-refractivity contribution < 1.29 is 13.9 Å². The summed E-state index contributed by atoms with van der Waals surface area (Å²) in [6, 6.07) is 13.7. The lowest BCUT2D eigenvalue weighted by molar-refractivity contribution is -0.118. The van der Waals surface area contributed by atoms with Crippen LogP contribution in [-0.2, 0) is 11.4 Å². The predicted molar refractivity (Wildman–Crippen MR) is 128 cm³/mol. The number of hydrazone groups is 1. The van der Waals surface area contributed by atoms with E-state index in [0.29, 0.717) is 11.8 Å². The molecule has 0 atom stereocenters. The number of aromatic nitrogens is 2. The highest BCUT2D eigenvalue weighted by Gasteiger charge is 2.06. The average Bonchev–Trinajstić information content (AvgIpc) is 2.72. The summed E-state index contributed by atoms with van der Waals surface area (Å²) in [5, 5.41) is 4.57. The fourth-order valence-electron chi connectivity index (χ4n) is 2.56. The van der Waals surface area contributed by atoms with Gasteiger partial charge in [-0.3, -0.25) is 4.79 Å². The molecule has 1 aromatic heterocycles. The van der Waals surface area contributed by atoms with Gasteiger partial charge in [-0.1, -0.05) is 23.9 Å². The number of thioether (sulfide) groups is 1. The number of hydrogen-bond donors (Lipinski definition) is 1. The van der Waals surface area contributed by atoms with E-state index in [0.717, 1.165) is 31.8 Å². The number of rotatable bonds is 8. The molecule has 0 radical (unpaired) electrons. The van der Waals surface area contributed by atoms with Gasteiger partial charge in [-0.25, -0.2) is 19.8 Å². The van der Waals surface area contributed by atoms with Gasteiger partial charge in [0, 0.05) is 11.4 Å². The van der Waals surface area contributed by atoms with Crippen LogP contribution < -0.4 is 10.2 Å². The zero-order valence-corrected chi connectivity index (χ0v) is 19.9. The molecule has 160 valence electrons. The van der Waals surface area contributed by atoms with Crippen molar-refractivity contribution in [3.63, 3.8) is 0 Å². The molecule has 0 aliphatic rings. The Bertz CT molecular complexity index is 1070. The van der Waals surface area contributed by atoms with Gasteiger partial charge in [-0.15, -0.1) is 0 Å². The lowest BCUT2D eigenvalue weighted by Gasteiger charge is -2.09. The van der Waals surface area contributed by atoms with Crippen molar-refractivity contribution in [2.75, 3.05) is 5.75 Å². The first-order chi connectivity index (χ1) is 14.9. The second-order valence-corrected chi connectivity index (χ2v) is 8.72. The summed E-state index contributed by atoms with van der Waals surface area (Å²) in [5.74, 6) is 0.383. The van der Waals surface area contributed by atoms with E-state index in [1.54, 1.807) is 18.3 Å². The van der Waals surface area contributed by atoms with E-state index in [2.05, 4.69) is 43.1 Å². The van der Waals surface area contributed by atoms with Crippen molar-refractivity contribution in [3.8, 4) is 5.75 Å². The number of nitrogens with zero attached hydrogens (tertiary/aromatic N) is 3. The van der Waals surface area contributed by atoms with Crippen molar-refractivity contribution >= 4 is 46.5 Å². The molecule has 1 heterocycles. The van der Waals surface area contributed by atoms with Crippen LogP contribution in [0, 0.1) is 23.2 Å². The summed E-state index contributed by atoms with van der Waals surface area (Å²) in [6.07, 6.45) is 1.57. The number of ether oxygens (including phenoxy) is 1. The van der Waals surface area contributed by atoms with Gasteiger partial charge < -0.3 is 4.74 Å². The Kier molecular flexibility index (Phi) is 8.35. The molecule has 0 unspecified atom stereocenters. The molecule has 0 saturated heterocycles. The van der Waals surface area contributed by atoms with Crippen molar-refractivity contribution in [3.05, 3.63) is 80.4 Å². The highest BCUT2D eigenvalue weighted by Crippen LogP contribution is 2.22. The summed E-state index contributed by atoms with van der Waals surface area (Å²) in [5.41, 5.74) is 5.95. The summed E-state index contributed by atoms with van der Waals surface area (Å²) in [7, 11) is 0. The van der Waals surface area contributed by atoms with E-state index in [9.17, 15) is 9.18 Å². The smallest absolute Gasteiger partial charge is 0.250 e. The quantitative estimate of drug-likeness (QED) is 0.145. The zero-order valence-electron chi connectivity index (χ0n) is 16.9. The second kappa shape index (κ2) is 11.2. The Morgan fingerprint density at radius 1 is 1.16 bits per heavy atom. The van der Waals surface area contributed by atoms with Crippen molar-refractivity contribution in [1.29, 1.82) is 0 Å². The molecule has 3 rings (SSSR count). The normalized spacial score (nSPS) is 11.0. The number of halogens is 2. The first-order valence-corrected chi connectivity index (χ1v) is 11.4. The van der Waals surface area contributed by atoms with Crippen LogP contribution in [0.1, 0.15) is 22.5 Å². The van der Waals surface area contributed by atoms with Crippen LogP contribution in [0.4, 0.5) is 4.39 Å². The van der Waals surface area contributed by atoms with E-state index < -0.39 is 0 Å². The molecule has 0 fully saturated rings. The van der Waals surface area contributed by atoms with E-state index in [4.69, 9.17) is 4.74 Å². The molecule has 31 heavy (non-hydrogen) atoms. The standard InChI is InChI=1S/C22H20FIN4O2S/c1-14-9-15(2)27-22(26-14)31-13-21(29)28-25-11-17-5-8-20(19(24)10-17)30-12-16-3-6-18(23)7-4-16/h3-11H,12-13H2,1-2H3,(H,28,29)/b25-11-. The molecule has 3 aromatic rings. The minimum Gasteiger partial charge on any atom is -0.488 e. The molecule has 6 nitrogen and oxygen atoms in total. The first-order valence-electron chi connectivity index (χ1n) is 9.33. The predicted octanol–water partition coefficient (Wildman–Crippen LogP) is 4.66. The van der Waals surface area contributed by atoms with Crippen LogP contribution in [0.25, 0.3) is 0 Å². The Morgan fingerprint density at radius 2 is 1.87 bits per heavy atom. The van der Waals surface area contributed by atoms with Gasteiger partial charge in [0.2, 0.25) is 0 Å². The van der Waals surface area contributed by atoms with Gasteiger partial charge in [0.15, 0.2) is 5.16 Å². The van der Waals surface area contributed by atoms with Gasteiger partial charge in [0.1, 0.15) is 18.2 Å². The first kappa shape index (κ1) is 23.1. The maximum Gasteiger partial charge on any atom is 0.250 e. The largest absolute Gasteiger partial charge is 0.488 e. The minimum atomic E-state index is -0.272. The molecule has 2 aromatic carbocycles. The van der Waals surface area contributed by atoms with Crippen LogP contribution in [0.2, 0.25) is 0 Å². The van der Waals surface area contributed by atoms with Crippen LogP contribution in [0.5, 0.6) is 5.75 Å². The highest BCUT2D eigenvalue weighted by atomic mass is 127. The molecule has 1 amide bonds. The van der Waals surface area contributed by atoms with Gasteiger partial charge >= 0.3 is 0 Å². The second-order valence-electron chi connectivity index (χ2n) is 6.62.